The average Bonchev–Trinajstić information content (AvgIpc) is 3.20. The van der Waals surface area contributed by atoms with Crippen LogP contribution in [-0.4, -0.2) is 25.0 Å². The fourth-order valence-corrected chi connectivity index (χ4v) is 4.91. The molecule has 0 radical (unpaired) electrons. The molecule has 3 atom stereocenters. The summed E-state index contributed by atoms with van der Waals surface area (Å²) >= 11 is 6.12. The van der Waals surface area contributed by atoms with Crippen LogP contribution in [0.2, 0.25) is 5.02 Å². The molecule has 2 heterocycles. The lowest BCUT2D eigenvalue weighted by molar-refractivity contribution is -0.130. The zero-order valence-corrected chi connectivity index (χ0v) is 18.0. The second kappa shape index (κ2) is 7.93. The molecular formula is C23H26ClN3O3. The number of methoxy groups -OCH3 is 1. The van der Waals surface area contributed by atoms with Gasteiger partial charge in [-0.1, -0.05) is 43.6 Å². The summed E-state index contributed by atoms with van der Waals surface area (Å²) in [5, 5.41) is 9.93. The summed E-state index contributed by atoms with van der Waals surface area (Å²) in [5.74, 6) is -0.0419. The molecule has 2 aliphatic rings. The minimum atomic E-state index is -1.09. The molecule has 4 rings (SSSR count). The van der Waals surface area contributed by atoms with Crippen LogP contribution in [0.1, 0.15) is 32.3 Å². The monoisotopic (exact) mass is 427 g/mol. The molecule has 0 aromatic heterocycles. The molecule has 30 heavy (non-hydrogen) atoms. The van der Waals surface area contributed by atoms with E-state index in [9.17, 15) is 9.59 Å². The number of anilines is 2. The molecule has 1 saturated heterocycles. The fraction of sp³-hybridized carbons (Fsp3) is 0.391. The third kappa shape index (κ3) is 3.44. The van der Waals surface area contributed by atoms with Crippen LogP contribution in [0.25, 0.3) is 0 Å². The Labute approximate surface area is 181 Å². The predicted molar refractivity (Wildman–Crippen MR) is 118 cm³/mol. The number of rotatable bonds is 5. The summed E-state index contributed by atoms with van der Waals surface area (Å²) < 4.78 is 5.36. The topological polar surface area (TPSA) is 79.5 Å². The molecule has 0 saturated carbocycles. The van der Waals surface area contributed by atoms with E-state index in [1.807, 2.05) is 24.3 Å². The first-order chi connectivity index (χ1) is 14.3. The first-order valence-electron chi connectivity index (χ1n) is 10.2. The third-order valence-electron chi connectivity index (χ3n) is 5.92. The van der Waals surface area contributed by atoms with Gasteiger partial charge in [0.25, 0.3) is 0 Å². The van der Waals surface area contributed by atoms with Crippen molar-refractivity contribution in [1.29, 1.82) is 0 Å². The molecule has 2 aromatic rings. The highest BCUT2D eigenvalue weighted by Gasteiger charge is 2.60. The minimum absolute atomic E-state index is 0.0545. The Morgan fingerprint density at radius 1 is 1.30 bits per heavy atom. The smallest absolute Gasteiger partial charge is 0.250 e. The zero-order chi connectivity index (χ0) is 21.5. The molecular weight excluding hydrogens is 402 g/mol. The molecule has 3 N–H and O–H groups in total. The first-order valence-corrected chi connectivity index (χ1v) is 10.6. The van der Waals surface area contributed by atoms with Crippen LogP contribution in [-0.2, 0) is 15.1 Å². The van der Waals surface area contributed by atoms with Gasteiger partial charge in [-0.3, -0.25) is 14.9 Å². The Morgan fingerprint density at radius 2 is 2.07 bits per heavy atom. The van der Waals surface area contributed by atoms with Crippen molar-refractivity contribution in [3.05, 3.63) is 53.1 Å². The van der Waals surface area contributed by atoms with Crippen molar-refractivity contribution in [3.63, 3.8) is 0 Å². The molecule has 7 heteroatoms. The number of benzene rings is 2. The summed E-state index contributed by atoms with van der Waals surface area (Å²) in [6.45, 7) is 4.28. The number of halogens is 1. The van der Waals surface area contributed by atoms with Gasteiger partial charge in [0.15, 0.2) is 0 Å². The van der Waals surface area contributed by atoms with Crippen LogP contribution >= 0.6 is 11.6 Å². The number of para-hydroxylation sites is 1. The summed E-state index contributed by atoms with van der Waals surface area (Å²) in [6, 6.07) is 12.7. The van der Waals surface area contributed by atoms with E-state index in [1.165, 1.54) is 7.11 Å². The molecule has 0 unspecified atom stereocenters. The lowest BCUT2D eigenvalue weighted by Gasteiger charge is -2.29. The van der Waals surface area contributed by atoms with Crippen molar-refractivity contribution in [2.45, 2.75) is 38.3 Å². The van der Waals surface area contributed by atoms with Crippen molar-refractivity contribution < 1.29 is 14.3 Å². The Balaban J connectivity index is 1.72. The number of nitrogens with one attached hydrogen (secondary N) is 3. The summed E-state index contributed by atoms with van der Waals surface area (Å²) in [7, 11) is 1.54. The maximum atomic E-state index is 13.5. The van der Waals surface area contributed by atoms with Gasteiger partial charge in [0.1, 0.15) is 11.3 Å². The van der Waals surface area contributed by atoms with Gasteiger partial charge >= 0.3 is 0 Å². The highest BCUT2D eigenvalue weighted by Crippen LogP contribution is 2.48. The average molecular weight is 428 g/mol. The maximum absolute atomic E-state index is 13.5. The van der Waals surface area contributed by atoms with Gasteiger partial charge in [-0.25, -0.2) is 0 Å². The number of ether oxygens (including phenoxy) is 1. The largest absolute Gasteiger partial charge is 0.495 e. The van der Waals surface area contributed by atoms with Crippen LogP contribution in [0.4, 0.5) is 11.4 Å². The summed E-state index contributed by atoms with van der Waals surface area (Å²) in [5.41, 5.74) is 0.966. The molecule has 2 amide bonds. The van der Waals surface area contributed by atoms with Gasteiger partial charge in [-0.2, -0.15) is 0 Å². The van der Waals surface area contributed by atoms with Crippen molar-refractivity contribution >= 4 is 34.8 Å². The quantitative estimate of drug-likeness (QED) is 0.669. The lowest BCUT2D eigenvalue weighted by atomic mass is 9.79. The van der Waals surface area contributed by atoms with Crippen molar-refractivity contribution in [3.8, 4) is 5.75 Å². The number of carbonyl (C=O) groups excluding carboxylic acids is 2. The lowest BCUT2D eigenvalue weighted by Crippen LogP contribution is -2.52. The second-order valence-corrected chi connectivity index (χ2v) is 8.84. The second-order valence-electron chi connectivity index (χ2n) is 8.40. The van der Waals surface area contributed by atoms with Gasteiger partial charge in [0.2, 0.25) is 11.8 Å². The maximum Gasteiger partial charge on any atom is 0.250 e. The van der Waals surface area contributed by atoms with Gasteiger partial charge in [-0.15, -0.1) is 0 Å². The van der Waals surface area contributed by atoms with Gasteiger partial charge in [0, 0.05) is 22.3 Å². The standard InChI is InChI=1S/C23H26ClN3O3/c1-13(2)10-15-12-17(21(28)25-19-11-14(24)8-9-20(19)30-3)23(27-15)16-6-4-5-7-18(16)26-22(23)29/h4-9,11,13,15,17,27H,10,12H2,1-3H3,(H,25,28)(H,26,29)/t15-,17-,23+/m0/s1. The van der Waals surface area contributed by atoms with E-state index in [4.69, 9.17) is 16.3 Å². The third-order valence-corrected chi connectivity index (χ3v) is 6.16. The van der Waals surface area contributed by atoms with E-state index in [2.05, 4.69) is 29.8 Å². The van der Waals surface area contributed by atoms with Crippen LogP contribution in [0.5, 0.6) is 5.75 Å². The van der Waals surface area contributed by atoms with E-state index in [0.29, 0.717) is 28.8 Å². The fourth-order valence-electron chi connectivity index (χ4n) is 4.74. The molecule has 6 nitrogen and oxygen atoms in total. The van der Waals surface area contributed by atoms with Crippen LogP contribution in [0, 0.1) is 11.8 Å². The van der Waals surface area contributed by atoms with Gasteiger partial charge < -0.3 is 15.4 Å². The number of hydrogen-bond acceptors (Lipinski definition) is 4. The van der Waals surface area contributed by atoms with Crippen LogP contribution in [0.15, 0.2) is 42.5 Å². The van der Waals surface area contributed by atoms with Crippen LogP contribution < -0.4 is 20.7 Å². The predicted octanol–water partition coefficient (Wildman–Crippen LogP) is 4.16. The number of carbonyl (C=O) groups is 2. The van der Waals surface area contributed by atoms with E-state index < -0.39 is 11.5 Å². The van der Waals surface area contributed by atoms with Gasteiger partial charge in [0.05, 0.1) is 18.7 Å². The highest BCUT2D eigenvalue weighted by molar-refractivity contribution is 6.31. The Hall–Kier alpha value is -2.57. The van der Waals surface area contributed by atoms with E-state index in [1.54, 1.807) is 18.2 Å². The molecule has 1 fully saturated rings. The van der Waals surface area contributed by atoms with Gasteiger partial charge in [-0.05, 0) is 43.0 Å². The number of amides is 2. The van der Waals surface area contributed by atoms with Crippen molar-refractivity contribution in [2.24, 2.45) is 11.8 Å². The molecule has 2 aromatic carbocycles. The number of hydrogen-bond donors (Lipinski definition) is 3. The molecule has 1 spiro atoms. The Bertz CT molecular complexity index is 993. The van der Waals surface area contributed by atoms with E-state index in [0.717, 1.165) is 17.7 Å². The minimum Gasteiger partial charge on any atom is -0.495 e. The summed E-state index contributed by atoms with van der Waals surface area (Å²) in [6.07, 6.45) is 1.44. The molecule has 2 aliphatic heterocycles. The number of fused-ring (bicyclic) bond motifs is 2. The summed E-state index contributed by atoms with van der Waals surface area (Å²) in [4.78, 5) is 26.7. The Kier molecular flexibility index (Phi) is 5.47. The molecule has 0 aliphatic carbocycles. The van der Waals surface area contributed by atoms with Crippen molar-refractivity contribution in [1.82, 2.24) is 5.32 Å². The van der Waals surface area contributed by atoms with Crippen molar-refractivity contribution in [2.75, 3.05) is 17.7 Å². The van der Waals surface area contributed by atoms with Crippen LogP contribution in [0.3, 0.4) is 0 Å². The molecule has 158 valence electrons. The SMILES string of the molecule is COc1ccc(Cl)cc1NC(=O)[C@@H]1C[C@H](CC(C)C)N[C@@]12C(=O)Nc1ccccc12. The normalized spacial score (nSPS) is 24.8. The molecule has 0 bridgehead atoms. The Morgan fingerprint density at radius 3 is 2.80 bits per heavy atom. The van der Waals surface area contributed by atoms with E-state index >= 15 is 0 Å². The highest BCUT2D eigenvalue weighted by atomic mass is 35.5. The van der Waals surface area contributed by atoms with E-state index in [-0.39, 0.29) is 17.9 Å². The zero-order valence-electron chi connectivity index (χ0n) is 17.3. The first kappa shape index (κ1) is 20.7.